The second-order valence-corrected chi connectivity index (χ2v) is 7.41. The van der Waals surface area contributed by atoms with Gasteiger partial charge in [0.15, 0.2) is 0 Å². The lowest BCUT2D eigenvalue weighted by molar-refractivity contribution is 0.0954. The number of nitrogens with zero attached hydrogens (tertiary/aromatic N) is 3. The molecule has 1 heterocycles. The molecule has 6 nitrogen and oxygen atoms in total. The smallest absolute Gasteiger partial charge is 0.271 e. The predicted molar refractivity (Wildman–Crippen MR) is 107 cm³/mol. The van der Waals surface area contributed by atoms with E-state index in [0.717, 1.165) is 11.4 Å². The number of aromatic nitrogens is 2. The monoisotopic (exact) mass is 372 g/mol. The molecule has 140 valence electrons. The summed E-state index contributed by atoms with van der Waals surface area (Å²) in [4.78, 5) is 25.4. The number of para-hydroxylation sites is 1. The summed E-state index contributed by atoms with van der Waals surface area (Å²) < 4.78 is 1.80. The van der Waals surface area contributed by atoms with E-state index >= 15 is 0 Å². The lowest BCUT2D eigenvalue weighted by Gasteiger charge is -2.30. The summed E-state index contributed by atoms with van der Waals surface area (Å²) in [5.74, 6) is -0.552. The minimum Gasteiger partial charge on any atom is -0.287 e. The first-order valence-corrected chi connectivity index (χ1v) is 9.08. The Labute approximate surface area is 162 Å². The molecule has 0 unspecified atom stereocenters. The summed E-state index contributed by atoms with van der Waals surface area (Å²) in [6, 6.07) is 18.5. The molecular weight excluding hydrogens is 352 g/mol. The number of rotatable bonds is 3. The summed E-state index contributed by atoms with van der Waals surface area (Å²) in [6.07, 6.45) is 2.16. The van der Waals surface area contributed by atoms with Crippen LogP contribution >= 0.6 is 0 Å². The van der Waals surface area contributed by atoms with E-state index in [4.69, 9.17) is 0 Å². The van der Waals surface area contributed by atoms with Crippen molar-refractivity contribution in [3.63, 3.8) is 0 Å². The predicted octanol–water partition coefficient (Wildman–Crippen LogP) is 3.42. The van der Waals surface area contributed by atoms with Crippen molar-refractivity contribution >= 4 is 17.4 Å². The number of amides is 1. The molecule has 3 aromatic rings. The molecule has 4 rings (SSSR count). The van der Waals surface area contributed by atoms with Crippen LogP contribution in [0.15, 0.2) is 72.0 Å². The number of nitrogens with one attached hydrogen (secondary N) is 1. The highest BCUT2D eigenvalue weighted by Crippen LogP contribution is 2.34. The van der Waals surface area contributed by atoms with Crippen LogP contribution < -0.4 is 5.43 Å². The van der Waals surface area contributed by atoms with Gasteiger partial charge in [0.05, 0.1) is 23.1 Å². The van der Waals surface area contributed by atoms with Crippen LogP contribution in [0.4, 0.5) is 0 Å². The van der Waals surface area contributed by atoms with Crippen LogP contribution in [-0.4, -0.2) is 27.2 Å². The molecule has 0 saturated carbocycles. The number of carbonyl (C=O) groups excluding carboxylic acids is 2. The highest BCUT2D eigenvalue weighted by molar-refractivity contribution is 6.48. The summed E-state index contributed by atoms with van der Waals surface area (Å²) in [7, 11) is 0. The Morgan fingerprint density at radius 1 is 1.07 bits per heavy atom. The topological polar surface area (TPSA) is 76.3 Å². The molecule has 0 bridgehead atoms. The first-order valence-electron chi connectivity index (χ1n) is 9.08. The standard InChI is InChI=1S/C22H20N4O2/c1-22(2)13-18-17(14-23-26(18)16-11-7-4-8-12-16)19(27)20(22)24-25-21(28)15-9-5-3-6-10-15/h3-12,14H,13H2,1-2H3,(H,25,28). The van der Waals surface area contributed by atoms with E-state index in [1.807, 2.05) is 50.2 Å². The van der Waals surface area contributed by atoms with Crippen LogP contribution in [-0.2, 0) is 6.42 Å². The molecule has 1 aromatic heterocycles. The summed E-state index contributed by atoms with van der Waals surface area (Å²) >= 11 is 0. The first-order chi connectivity index (χ1) is 13.5. The van der Waals surface area contributed by atoms with Gasteiger partial charge < -0.3 is 0 Å². The maximum atomic E-state index is 13.1. The highest BCUT2D eigenvalue weighted by atomic mass is 16.2. The number of benzene rings is 2. The third kappa shape index (κ3) is 3.13. The van der Waals surface area contributed by atoms with Gasteiger partial charge in [0.2, 0.25) is 5.78 Å². The Bertz CT molecular complexity index is 1070. The van der Waals surface area contributed by atoms with Gasteiger partial charge in [0.1, 0.15) is 5.71 Å². The van der Waals surface area contributed by atoms with Crippen molar-refractivity contribution in [3.05, 3.63) is 83.7 Å². The van der Waals surface area contributed by atoms with Crippen LogP contribution in [0.5, 0.6) is 0 Å². The molecule has 1 N–H and O–H groups in total. The van der Waals surface area contributed by atoms with E-state index in [9.17, 15) is 9.59 Å². The van der Waals surface area contributed by atoms with Crippen molar-refractivity contribution in [1.82, 2.24) is 15.2 Å². The number of fused-ring (bicyclic) bond motifs is 1. The van der Waals surface area contributed by atoms with Gasteiger partial charge in [-0.05, 0) is 24.3 Å². The number of carbonyl (C=O) groups is 2. The largest absolute Gasteiger partial charge is 0.287 e. The second kappa shape index (κ2) is 6.88. The minimum atomic E-state index is -0.541. The average molecular weight is 372 g/mol. The van der Waals surface area contributed by atoms with Gasteiger partial charge in [-0.15, -0.1) is 0 Å². The zero-order valence-electron chi connectivity index (χ0n) is 15.7. The third-order valence-corrected chi connectivity index (χ3v) is 4.89. The van der Waals surface area contributed by atoms with Gasteiger partial charge >= 0.3 is 0 Å². The molecule has 0 fully saturated rings. The van der Waals surface area contributed by atoms with Crippen LogP contribution in [0, 0.1) is 5.41 Å². The molecular formula is C22H20N4O2. The lowest BCUT2D eigenvalue weighted by Crippen LogP contribution is -2.40. The van der Waals surface area contributed by atoms with Crippen molar-refractivity contribution in [2.24, 2.45) is 10.5 Å². The molecule has 1 aliphatic carbocycles. The van der Waals surface area contributed by atoms with Crippen LogP contribution in [0.1, 0.15) is 40.3 Å². The van der Waals surface area contributed by atoms with Crippen molar-refractivity contribution in [2.45, 2.75) is 20.3 Å². The van der Waals surface area contributed by atoms with Gasteiger partial charge in [-0.3, -0.25) is 9.59 Å². The summed E-state index contributed by atoms with van der Waals surface area (Å²) in [5.41, 5.74) is 5.09. The molecule has 0 saturated heterocycles. The van der Waals surface area contributed by atoms with Crippen molar-refractivity contribution in [2.75, 3.05) is 0 Å². The molecule has 0 spiro atoms. The van der Waals surface area contributed by atoms with Gasteiger partial charge in [0.25, 0.3) is 5.91 Å². The van der Waals surface area contributed by atoms with E-state index in [1.165, 1.54) is 0 Å². The fourth-order valence-electron chi connectivity index (χ4n) is 3.43. The number of hydrogen-bond donors (Lipinski definition) is 1. The Morgan fingerprint density at radius 3 is 2.39 bits per heavy atom. The maximum Gasteiger partial charge on any atom is 0.271 e. The van der Waals surface area contributed by atoms with Crippen molar-refractivity contribution < 1.29 is 9.59 Å². The number of ketones is 1. The van der Waals surface area contributed by atoms with Crippen molar-refractivity contribution in [1.29, 1.82) is 0 Å². The van der Waals surface area contributed by atoms with Crippen LogP contribution in [0.3, 0.4) is 0 Å². The molecule has 28 heavy (non-hydrogen) atoms. The molecule has 1 amide bonds. The normalized spacial score (nSPS) is 16.6. The molecule has 0 radical (unpaired) electrons. The number of hydrogen-bond acceptors (Lipinski definition) is 4. The van der Waals surface area contributed by atoms with E-state index in [-0.39, 0.29) is 11.7 Å². The minimum absolute atomic E-state index is 0.207. The van der Waals surface area contributed by atoms with E-state index < -0.39 is 5.41 Å². The van der Waals surface area contributed by atoms with E-state index in [2.05, 4.69) is 15.6 Å². The zero-order chi connectivity index (χ0) is 19.7. The Hall–Kier alpha value is -3.54. The lowest BCUT2D eigenvalue weighted by atomic mass is 9.74. The number of hydrazone groups is 1. The maximum absolute atomic E-state index is 13.1. The SMILES string of the molecule is CC1(C)Cc2c(cnn2-c2ccccc2)C(=O)C1=NNC(=O)c1ccccc1. The van der Waals surface area contributed by atoms with Crippen molar-refractivity contribution in [3.8, 4) is 5.69 Å². The Balaban J connectivity index is 1.66. The zero-order valence-corrected chi connectivity index (χ0v) is 15.7. The highest BCUT2D eigenvalue weighted by Gasteiger charge is 2.40. The Kier molecular flexibility index (Phi) is 4.39. The van der Waals surface area contributed by atoms with Gasteiger partial charge in [0, 0.05) is 17.4 Å². The second-order valence-electron chi connectivity index (χ2n) is 7.41. The number of Topliss-reactive ketones (excluding diaryl/α,β-unsaturated/α-hetero) is 1. The van der Waals surface area contributed by atoms with Gasteiger partial charge in [-0.2, -0.15) is 10.2 Å². The molecule has 6 heteroatoms. The van der Waals surface area contributed by atoms with E-state index in [1.54, 1.807) is 35.1 Å². The quantitative estimate of drug-likeness (QED) is 0.716. The van der Waals surface area contributed by atoms with Crippen LogP contribution in [0.2, 0.25) is 0 Å². The molecule has 0 aliphatic heterocycles. The average Bonchev–Trinajstić information content (AvgIpc) is 3.11. The Morgan fingerprint density at radius 2 is 1.71 bits per heavy atom. The molecule has 0 atom stereocenters. The van der Waals surface area contributed by atoms with Gasteiger partial charge in [-0.25, -0.2) is 10.1 Å². The molecule has 2 aromatic carbocycles. The third-order valence-electron chi connectivity index (χ3n) is 4.89. The summed E-state index contributed by atoms with van der Waals surface area (Å²) in [6.45, 7) is 3.90. The molecule has 1 aliphatic rings. The van der Waals surface area contributed by atoms with Gasteiger partial charge in [-0.1, -0.05) is 50.2 Å². The first kappa shape index (κ1) is 17.9. The fourth-order valence-corrected chi connectivity index (χ4v) is 3.43. The van der Waals surface area contributed by atoms with Crippen LogP contribution in [0.25, 0.3) is 5.69 Å². The summed E-state index contributed by atoms with van der Waals surface area (Å²) in [5, 5.41) is 8.62. The van der Waals surface area contributed by atoms with E-state index in [0.29, 0.717) is 23.3 Å². The fraction of sp³-hybridized carbons (Fsp3) is 0.182.